The zero-order valence-electron chi connectivity index (χ0n) is 7.17. The summed E-state index contributed by atoms with van der Waals surface area (Å²) in [5.74, 6) is 0.0746. The molecular formula is C8H4Cl3NO2S. The number of nitrogens with zero attached hydrogens (tertiary/aromatic N) is 1. The van der Waals surface area contributed by atoms with Gasteiger partial charge in [0.25, 0.3) is 9.05 Å². The van der Waals surface area contributed by atoms with E-state index in [1.165, 1.54) is 12.1 Å². The highest BCUT2D eigenvalue weighted by Gasteiger charge is 2.19. The molecule has 0 spiro atoms. The molecule has 1 aromatic carbocycles. The molecular weight excluding hydrogens is 281 g/mol. The highest BCUT2D eigenvalue weighted by Crippen LogP contribution is 2.30. The predicted molar refractivity (Wildman–Crippen MR) is 58.8 cm³/mol. The molecule has 0 aliphatic carbocycles. The maximum Gasteiger partial charge on any atom is 0.262 e. The van der Waals surface area contributed by atoms with Gasteiger partial charge in [0.05, 0.1) is 10.6 Å². The van der Waals surface area contributed by atoms with Crippen molar-refractivity contribution in [2.45, 2.75) is 10.8 Å². The lowest BCUT2D eigenvalue weighted by molar-refractivity contribution is 0.609. The van der Waals surface area contributed by atoms with Crippen LogP contribution in [0, 0.1) is 11.3 Å². The topological polar surface area (TPSA) is 57.9 Å². The normalized spacial score (nSPS) is 11.1. The van der Waals surface area contributed by atoms with Gasteiger partial charge in [-0.05, 0) is 11.6 Å². The van der Waals surface area contributed by atoms with E-state index in [9.17, 15) is 8.42 Å². The Hall–Kier alpha value is -0.470. The number of hydrogen-bond donors (Lipinski definition) is 0. The second-order valence-corrected chi connectivity index (χ2v) is 5.77. The number of benzene rings is 1. The standard InChI is InChI=1S/C8H4Cl3NO2S/c9-3-5-1-2-7(15(11,13)14)8(10)6(5)4-12/h1-2H,3H2. The zero-order valence-corrected chi connectivity index (χ0v) is 10.3. The first-order chi connectivity index (χ1) is 6.91. The Kier molecular flexibility index (Phi) is 3.85. The van der Waals surface area contributed by atoms with Gasteiger partial charge in [0.1, 0.15) is 11.0 Å². The van der Waals surface area contributed by atoms with Crippen molar-refractivity contribution in [2.75, 3.05) is 0 Å². The van der Waals surface area contributed by atoms with E-state index in [4.69, 9.17) is 39.1 Å². The fourth-order valence-corrected chi connectivity index (χ4v) is 2.82. The number of hydrogen-bond acceptors (Lipinski definition) is 3. The molecule has 1 rings (SSSR count). The van der Waals surface area contributed by atoms with Crippen LogP contribution in [0.25, 0.3) is 0 Å². The van der Waals surface area contributed by atoms with Crippen molar-refractivity contribution in [2.24, 2.45) is 0 Å². The van der Waals surface area contributed by atoms with E-state index in [1.54, 1.807) is 6.07 Å². The summed E-state index contributed by atoms with van der Waals surface area (Å²) in [5.41, 5.74) is 0.502. The van der Waals surface area contributed by atoms with E-state index < -0.39 is 9.05 Å². The predicted octanol–water partition coefficient (Wildman–Crippen LogP) is 2.88. The number of alkyl halides is 1. The highest BCUT2D eigenvalue weighted by atomic mass is 35.7. The quantitative estimate of drug-likeness (QED) is 0.620. The Morgan fingerprint density at radius 2 is 2.00 bits per heavy atom. The molecule has 0 heterocycles. The average Bonchev–Trinajstić information content (AvgIpc) is 2.15. The zero-order chi connectivity index (χ0) is 11.6. The van der Waals surface area contributed by atoms with Gasteiger partial charge in [-0.15, -0.1) is 11.6 Å². The maximum atomic E-state index is 11.1. The summed E-state index contributed by atoms with van der Waals surface area (Å²) < 4.78 is 22.1. The fourth-order valence-electron chi connectivity index (χ4n) is 1.02. The second-order valence-electron chi connectivity index (χ2n) is 2.60. The summed E-state index contributed by atoms with van der Waals surface area (Å²) in [6.07, 6.45) is 0. The van der Waals surface area contributed by atoms with E-state index in [-0.39, 0.29) is 21.4 Å². The third kappa shape index (κ3) is 2.56. The Morgan fingerprint density at radius 1 is 1.40 bits per heavy atom. The average molecular weight is 285 g/mol. The Bertz CT molecular complexity index is 534. The molecule has 0 amide bonds. The Labute approximate surface area is 102 Å². The van der Waals surface area contributed by atoms with Gasteiger partial charge in [0.2, 0.25) is 0 Å². The molecule has 0 aromatic heterocycles. The molecule has 0 saturated carbocycles. The minimum atomic E-state index is -3.94. The third-order valence-corrected chi connectivity index (χ3v) is 3.87. The largest absolute Gasteiger partial charge is 0.262 e. The van der Waals surface area contributed by atoms with E-state index >= 15 is 0 Å². The van der Waals surface area contributed by atoms with Crippen LogP contribution in [-0.2, 0) is 14.9 Å². The van der Waals surface area contributed by atoms with Crippen LogP contribution in [0.5, 0.6) is 0 Å². The van der Waals surface area contributed by atoms with Gasteiger partial charge in [-0.1, -0.05) is 17.7 Å². The molecule has 0 bridgehead atoms. The van der Waals surface area contributed by atoms with E-state index in [2.05, 4.69) is 0 Å². The summed E-state index contributed by atoms with van der Waals surface area (Å²) in [6, 6.07) is 4.42. The van der Waals surface area contributed by atoms with Gasteiger partial charge < -0.3 is 0 Å². The molecule has 0 radical (unpaired) electrons. The summed E-state index contributed by atoms with van der Waals surface area (Å²) in [5, 5.41) is 8.60. The first kappa shape index (κ1) is 12.6. The molecule has 0 N–H and O–H groups in total. The molecule has 15 heavy (non-hydrogen) atoms. The first-order valence-electron chi connectivity index (χ1n) is 3.64. The minimum Gasteiger partial charge on any atom is -0.207 e. The number of rotatable bonds is 2. The van der Waals surface area contributed by atoms with Crippen LogP contribution in [-0.4, -0.2) is 8.42 Å². The lowest BCUT2D eigenvalue weighted by Gasteiger charge is -2.05. The summed E-state index contributed by atoms with van der Waals surface area (Å²) in [4.78, 5) is -0.281. The monoisotopic (exact) mass is 283 g/mol. The van der Waals surface area contributed by atoms with Gasteiger partial charge in [-0.2, -0.15) is 5.26 Å². The third-order valence-electron chi connectivity index (χ3n) is 1.71. The summed E-state index contributed by atoms with van der Waals surface area (Å²) >= 11 is 11.3. The molecule has 7 heteroatoms. The van der Waals surface area contributed by atoms with E-state index in [0.29, 0.717) is 5.56 Å². The molecule has 80 valence electrons. The molecule has 3 nitrogen and oxygen atoms in total. The van der Waals surface area contributed by atoms with Crippen molar-refractivity contribution in [1.29, 1.82) is 5.26 Å². The van der Waals surface area contributed by atoms with Gasteiger partial charge >= 0.3 is 0 Å². The molecule has 0 unspecified atom stereocenters. The molecule has 0 saturated heterocycles. The van der Waals surface area contributed by atoms with Gasteiger partial charge in [-0.3, -0.25) is 0 Å². The van der Waals surface area contributed by atoms with Crippen LogP contribution in [0.1, 0.15) is 11.1 Å². The van der Waals surface area contributed by atoms with Crippen LogP contribution in [0.4, 0.5) is 0 Å². The molecule has 1 aromatic rings. The summed E-state index contributed by atoms with van der Waals surface area (Å²) in [7, 11) is 1.19. The van der Waals surface area contributed by atoms with Crippen LogP contribution < -0.4 is 0 Å². The van der Waals surface area contributed by atoms with Gasteiger partial charge in [0, 0.05) is 16.6 Å². The van der Waals surface area contributed by atoms with Crippen LogP contribution in [0.3, 0.4) is 0 Å². The van der Waals surface area contributed by atoms with Crippen LogP contribution in [0.15, 0.2) is 17.0 Å². The van der Waals surface area contributed by atoms with Crippen molar-refractivity contribution in [1.82, 2.24) is 0 Å². The second kappa shape index (κ2) is 4.58. The van der Waals surface area contributed by atoms with Crippen LogP contribution in [0.2, 0.25) is 5.02 Å². The number of halogens is 3. The Balaban J connectivity index is 3.59. The van der Waals surface area contributed by atoms with Crippen molar-refractivity contribution in [3.05, 3.63) is 28.3 Å². The van der Waals surface area contributed by atoms with Crippen molar-refractivity contribution in [3.8, 4) is 6.07 Å². The lowest BCUT2D eigenvalue weighted by atomic mass is 10.1. The van der Waals surface area contributed by atoms with Crippen molar-refractivity contribution < 1.29 is 8.42 Å². The minimum absolute atomic E-state index is 0.0355. The van der Waals surface area contributed by atoms with Gasteiger partial charge in [0.15, 0.2) is 0 Å². The van der Waals surface area contributed by atoms with E-state index in [0.717, 1.165) is 0 Å². The number of nitriles is 1. The smallest absolute Gasteiger partial charge is 0.207 e. The van der Waals surface area contributed by atoms with Crippen molar-refractivity contribution >= 4 is 42.9 Å². The molecule has 0 fully saturated rings. The maximum absolute atomic E-state index is 11.1. The highest BCUT2D eigenvalue weighted by molar-refractivity contribution is 8.13. The van der Waals surface area contributed by atoms with Crippen LogP contribution >= 0.6 is 33.9 Å². The fraction of sp³-hybridized carbons (Fsp3) is 0.125. The van der Waals surface area contributed by atoms with Crippen molar-refractivity contribution in [3.63, 3.8) is 0 Å². The lowest BCUT2D eigenvalue weighted by Crippen LogP contribution is -1.97. The molecule has 0 atom stereocenters. The Morgan fingerprint density at radius 3 is 2.40 bits per heavy atom. The van der Waals surface area contributed by atoms with E-state index in [1.807, 2.05) is 0 Å². The van der Waals surface area contributed by atoms with Gasteiger partial charge in [-0.25, -0.2) is 8.42 Å². The summed E-state index contributed by atoms with van der Waals surface area (Å²) in [6.45, 7) is 0. The molecule has 0 aliphatic heterocycles. The SMILES string of the molecule is N#Cc1c(CCl)ccc(S(=O)(=O)Cl)c1Cl. The first-order valence-corrected chi connectivity index (χ1v) is 6.86. The molecule has 0 aliphatic rings.